The number of benzene rings is 1. The Morgan fingerprint density at radius 2 is 2.07 bits per heavy atom. The number of nitrogens with one attached hydrogen (secondary N) is 1. The van der Waals surface area contributed by atoms with E-state index in [-0.39, 0.29) is 12.0 Å². The van der Waals surface area contributed by atoms with Crippen LogP contribution in [0.2, 0.25) is 0 Å². The van der Waals surface area contributed by atoms with Crippen LogP contribution in [0.1, 0.15) is 25.1 Å². The molecule has 0 saturated heterocycles. The van der Waals surface area contributed by atoms with Gasteiger partial charge in [0.1, 0.15) is 12.1 Å². The molecule has 2 unspecified atom stereocenters. The molecule has 1 aliphatic rings. The average molecular weight is 374 g/mol. The second-order valence-electron chi connectivity index (χ2n) is 7.11. The fourth-order valence-electron chi connectivity index (χ4n) is 3.67. The topological polar surface area (TPSA) is 111 Å². The minimum Gasteiger partial charge on any atom is -0.351 e. The van der Waals surface area contributed by atoms with Gasteiger partial charge in [-0.1, -0.05) is 5.21 Å². The molecule has 1 N–H and O–H groups in total. The maximum atomic E-state index is 11.0. The lowest BCUT2D eigenvalue weighted by atomic mass is 10.1. The molecule has 0 radical (unpaired) electrons. The summed E-state index contributed by atoms with van der Waals surface area (Å²) >= 11 is 0. The zero-order valence-corrected chi connectivity index (χ0v) is 15.3. The van der Waals surface area contributed by atoms with Crippen molar-refractivity contribution in [1.29, 1.82) is 0 Å². The Labute approximate surface area is 160 Å². The van der Waals surface area contributed by atoms with E-state index in [0.29, 0.717) is 17.1 Å². The van der Waals surface area contributed by atoms with Crippen LogP contribution in [0.15, 0.2) is 30.6 Å². The number of anilines is 1. The molecule has 28 heavy (non-hydrogen) atoms. The van der Waals surface area contributed by atoms with E-state index in [0.717, 1.165) is 48.0 Å². The van der Waals surface area contributed by atoms with E-state index in [1.165, 1.54) is 0 Å². The van der Waals surface area contributed by atoms with Crippen LogP contribution < -0.4 is 5.32 Å². The van der Waals surface area contributed by atoms with Crippen molar-refractivity contribution >= 4 is 34.3 Å². The third-order valence-electron chi connectivity index (χ3n) is 5.12. The number of carbonyl (C=O) groups excluding carboxylic acids is 1. The highest BCUT2D eigenvalue weighted by molar-refractivity contribution is 5.81. The third kappa shape index (κ3) is 2.94. The van der Waals surface area contributed by atoms with Gasteiger partial charge in [-0.2, -0.15) is 9.67 Å². The molecule has 0 amide bonds. The molecule has 1 aromatic carbocycles. The molecule has 0 spiro atoms. The van der Waals surface area contributed by atoms with Crippen molar-refractivity contribution in [3.8, 4) is 5.69 Å². The Bertz CT molecular complexity index is 1190. The largest absolute Gasteiger partial charge is 0.351 e. The van der Waals surface area contributed by atoms with Crippen molar-refractivity contribution in [3.05, 3.63) is 36.4 Å². The van der Waals surface area contributed by atoms with Crippen LogP contribution >= 0.6 is 0 Å². The van der Waals surface area contributed by atoms with E-state index in [1.54, 1.807) is 17.1 Å². The normalized spacial score (nSPS) is 19.3. The number of hydrogen-bond acceptors (Lipinski definition) is 8. The Hall–Kier alpha value is -3.49. The molecule has 4 aromatic rings. The summed E-state index contributed by atoms with van der Waals surface area (Å²) in [5.74, 6) is 1.38. The molecule has 3 aromatic heterocycles. The number of fused-ring (bicyclic) bond motifs is 2. The van der Waals surface area contributed by atoms with Gasteiger partial charge in [0.2, 0.25) is 5.95 Å². The van der Waals surface area contributed by atoms with Crippen molar-refractivity contribution in [2.75, 3.05) is 5.32 Å². The van der Waals surface area contributed by atoms with Gasteiger partial charge in [-0.25, -0.2) is 15.0 Å². The van der Waals surface area contributed by atoms with Crippen molar-refractivity contribution < 1.29 is 4.79 Å². The third-order valence-corrected chi connectivity index (χ3v) is 5.12. The Morgan fingerprint density at radius 3 is 2.93 bits per heavy atom. The van der Waals surface area contributed by atoms with E-state index in [9.17, 15) is 4.79 Å². The smallest absolute Gasteiger partial charge is 0.225 e. The maximum Gasteiger partial charge on any atom is 0.225 e. The van der Waals surface area contributed by atoms with Crippen LogP contribution in [0.3, 0.4) is 0 Å². The summed E-state index contributed by atoms with van der Waals surface area (Å²) < 4.78 is 1.68. The average Bonchev–Trinajstić information content (AvgIpc) is 3.34. The van der Waals surface area contributed by atoms with E-state index in [1.807, 2.05) is 25.1 Å². The minimum absolute atomic E-state index is 0.122. The number of hydrogen-bond donors (Lipinski definition) is 1. The summed E-state index contributed by atoms with van der Waals surface area (Å²) in [4.78, 5) is 28.6. The molecule has 1 saturated carbocycles. The monoisotopic (exact) mass is 374 g/mol. The van der Waals surface area contributed by atoms with Gasteiger partial charge < -0.3 is 10.1 Å². The number of nitrogens with zero attached hydrogens (tertiary/aromatic N) is 7. The summed E-state index contributed by atoms with van der Waals surface area (Å²) in [6, 6.07) is 6.04. The minimum atomic E-state index is 0.122. The van der Waals surface area contributed by atoms with Gasteiger partial charge in [0.15, 0.2) is 11.2 Å². The van der Waals surface area contributed by atoms with Crippen LogP contribution in [0.4, 0.5) is 5.95 Å². The molecule has 2 atom stereocenters. The lowest BCUT2D eigenvalue weighted by molar-refractivity contribution is -0.110. The summed E-state index contributed by atoms with van der Waals surface area (Å²) in [6.07, 6.45) is 7.15. The first-order chi connectivity index (χ1) is 13.7. The van der Waals surface area contributed by atoms with E-state index >= 15 is 0 Å². The highest BCUT2D eigenvalue weighted by Gasteiger charge is 2.25. The van der Waals surface area contributed by atoms with Gasteiger partial charge in [0, 0.05) is 23.5 Å². The number of carbonyl (C=O) groups is 1. The molecule has 5 rings (SSSR count). The lowest BCUT2D eigenvalue weighted by Crippen LogP contribution is -2.17. The highest BCUT2D eigenvalue weighted by Crippen LogP contribution is 2.26. The molecule has 0 bridgehead atoms. The molecular formula is C19H18N8O. The molecular weight excluding hydrogens is 356 g/mol. The van der Waals surface area contributed by atoms with Crippen LogP contribution in [-0.4, -0.2) is 47.3 Å². The zero-order chi connectivity index (χ0) is 19.1. The lowest BCUT2D eigenvalue weighted by Gasteiger charge is -2.11. The first-order valence-corrected chi connectivity index (χ1v) is 9.23. The second-order valence-corrected chi connectivity index (χ2v) is 7.11. The fourth-order valence-corrected chi connectivity index (χ4v) is 3.67. The number of aromatic nitrogens is 7. The van der Waals surface area contributed by atoms with Gasteiger partial charge in [0.25, 0.3) is 0 Å². The standard InChI is InChI=1S/C19H18N8O/c1-11-20-8-13-7-15(4-5-16(13)22-11)27-18-17(25-26-27)9-21-19(24-18)23-14-3-2-12(6-14)10-28/h4-5,7-10,12,14H,2-3,6H2,1H3,(H,21,23,24). The molecule has 1 aliphatic carbocycles. The fraction of sp³-hybridized carbons (Fsp3) is 0.316. The Balaban J connectivity index is 1.50. The number of aryl methyl sites for hydroxylation is 1. The molecule has 1 fully saturated rings. The molecule has 0 aliphatic heterocycles. The van der Waals surface area contributed by atoms with Crippen LogP contribution in [0, 0.1) is 12.8 Å². The van der Waals surface area contributed by atoms with E-state index in [2.05, 4.69) is 35.6 Å². The Morgan fingerprint density at radius 1 is 1.14 bits per heavy atom. The van der Waals surface area contributed by atoms with Gasteiger partial charge in [-0.3, -0.25) is 0 Å². The molecule has 9 heteroatoms. The van der Waals surface area contributed by atoms with Crippen molar-refractivity contribution in [1.82, 2.24) is 34.9 Å². The molecule has 9 nitrogen and oxygen atoms in total. The number of rotatable bonds is 4. The second kappa shape index (κ2) is 6.59. The predicted molar refractivity (Wildman–Crippen MR) is 103 cm³/mol. The van der Waals surface area contributed by atoms with E-state index in [4.69, 9.17) is 0 Å². The van der Waals surface area contributed by atoms with Crippen LogP contribution in [-0.2, 0) is 4.79 Å². The quantitative estimate of drug-likeness (QED) is 0.541. The van der Waals surface area contributed by atoms with Gasteiger partial charge in [0.05, 0.1) is 17.4 Å². The maximum absolute atomic E-state index is 11.0. The van der Waals surface area contributed by atoms with Crippen molar-refractivity contribution in [3.63, 3.8) is 0 Å². The highest BCUT2D eigenvalue weighted by atomic mass is 16.1. The SMILES string of the molecule is Cc1ncc2cc(-n3nnc4cnc(NC5CCC(C=O)C5)nc43)ccc2n1. The van der Waals surface area contributed by atoms with Gasteiger partial charge in [-0.05, 0) is 44.4 Å². The van der Waals surface area contributed by atoms with Crippen LogP contribution in [0.25, 0.3) is 27.8 Å². The van der Waals surface area contributed by atoms with Crippen molar-refractivity contribution in [2.24, 2.45) is 5.92 Å². The summed E-state index contributed by atoms with van der Waals surface area (Å²) in [5, 5.41) is 12.7. The molecule has 140 valence electrons. The predicted octanol–water partition coefficient (Wildman–Crippen LogP) is 2.24. The Kier molecular flexibility index (Phi) is 3.92. The molecule has 3 heterocycles. The zero-order valence-electron chi connectivity index (χ0n) is 15.3. The summed E-state index contributed by atoms with van der Waals surface area (Å²) in [5.41, 5.74) is 2.94. The van der Waals surface area contributed by atoms with Gasteiger partial charge in [-0.15, -0.1) is 5.10 Å². The summed E-state index contributed by atoms with van der Waals surface area (Å²) in [7, 11) is 0. The van der Waals surface area contributed by atoms with E-state index < -0.39 is 0 Å². The number of aldehydes is 1. The van der Waals surface area contributed by atoms with Gasteiger partial charge >= 0.3 is 0 Å². The van der Waals surface area contributed by atoms with Crippen molar-refractivity contribution in [2.45, 2.75) is 32.2 Å². The first kappa shape index (κ1) is 16.7. The van der Waals surface area contributed by atoms with Crippen LogP contribution in [0.5, 0.6) is 0 Å². The first-order valence-electron chi connectivity index (χ1n) is 9.23. The summed E-state index contributed by atoms with van der Waals surface area (Å²) in [6.45, 7) is 1.87.